The van der Waals surface area contributed by atoms with Crippen molar-refractivity contribution in [2.75, 3.05) is 13.1 Å². The summed E-state index contributed by atoms with van der Waals surface area (Å²) in [5.41, 5.74) is 2.33. The Bertz CT molecular complexity index is 1470. The van der Waals surface area contributed by atoms with Crippen LogP contribution in [0.4, 0.5) is 15.1 Å². The number of hydrogen-bond donors (Lipinski definition) is 0. The van der Waals surface area contributed by atoms with Crippen LogP contribution < -0.4 is 0 Å². The van der Waals surface area contributed by atoms with Crippen molar-refractivity contribution in [3.05, 3.63) is 57.8 Å². The van der Waals surface area contributed by atoms with Gasteiger partial charge in [-0.25, -0.2) is 18.5 Å². The highest BCUT2D eigenvalue weighted by atomic mass is 79.9. The molecule has 0 bridgehead atoms. The van der Waals surface area contributed by atoms with Crippen LogP contribution in [0.1, 0.15) is 88.2 Å². The monoisotopic (exact) mass is 625 g/mol. The van der Waals surface area contributed by atoms with Crippen molar-refractivity contribution in [2.45, 2.75) is 77.9 Å². The molecule has 41 heavy (non-hydrogen) atoms. The summed E-state index contributed by atoms with van der Waals surface area (Å²) >= 11 is 3.33. The Labute approximate surface area is 249 Å². The van der Waals surface area contributed by atoms with E-state index in [9.17, 15) is 14.0 Å². The quantitative estimate of drug-likeness (QED) is 0.219. The maximum atomic E-state index is 14.7. The lowest BCUT2D eigenvalue weighted by molar-refractivity contribution is -0.337. The molecule has 1 aromatic heterocycles. The number of carbonyl (C=O) groups excluding carboxylic acids is 2. The van der Waals surface area contributed by atoms with E-state index in [0.717, 1.165) is 36.7 Å². The van der Waals surface area contributed by atoms with Gasteiger partial charge in [0.25, 0.3) is 0 Å². The van der Waals surface area contributed by atoms with Crippen molar-refractivity contribution in [2.24, 2.45) is 11.8 Å². The first-order chi connectivity index (χ1) is 19.3. The summed E-state index contributed by atoms with van der Waals surface area (Å²) in [6.45, 7) is 15.5. The number of halogens is 2. The second-order valence-corrected chi connectivity index (χ2v) is 13.5. The lowest BCUT2D eigenvalue weighted by Crippen LogP contribution is -2.41. The fraction of sp³-hybridized carbons (Fsp3) is 0.500. The summed E-state index contributed by atoms with van der Waals surface area (Å²) < 4.78 is 24.1. The van der Waals surface area contributed by atoms with E-state index in [1.165, 1.54) is 16.2 Å². The third-order valence-corrected chi connectivity index (χ3v) is 9.26. The molecule has 2 fully saturated rings. The number of aromatic nitrogens is 2. The number of carbonyl (C=O) groups is 2. The third kappa shape index (κ3) is 5.96. The highest BCUT2D eigenvalue weighted by molar-refractivity contribution is 9.10. The Morgan fingerprint density at radius 1 is 1.10 bits per heavy atom. The smallest absolute Gasteiger partial charge is 0.410 e. The van der Waals surface area contributed by atoms with Crippen LogP contribution in [0.3, 0.4) is 0 Å². The van der Waals surface area contributed by atoms with E-state index in [1.807, 2.05) is 26.8 Å². The lowest BCUT2D eigenvalue weighted by atomic mass is 9.89. The maximum Gasteiger partial charge on any atom is 0.410 e. The van der Waals surface area contributed by atoms with Crippen molar-refractivity contribution in [1.82, 2.24) is 14.5 Å². The van der Waals surface area contributed by atoms with Crippen LogP contribution in [0.5, 0.6) is 0 Å². The van der Waals surface area contributed by atoms with Crippen LogP contribution in [-0.2, 0) is 4.74 Å². The van der Waals surface area contributed by atoms with Gasteiger partial charge in [-0.2, -0.15) is 4.58 Å². The molecule has 2 aromatic carbocycles. The Morgan fingerprint density at radius 3 is 2.37 bits per heavy atom. The molecule has 1 saturated carbocycles. The zero-order valence-corrected chi connectivity index (χ0v) is 26.1. The van der Waals surface area contributed by atoms with Crippen LogP contribution in [0.2, 0.25) is 0 Å². The number of amides is 2. The molecule has 2 heterocycles. The lowest BCUT2D eigenvalue weighted by Gasteiger charge is -2.33. The van der Waals surface area contributed by atoms with Gasteiger partial charge in [0.15, 0.2) is 5.52 Å². The standard InChI is InChI=1S/C32H39BrFN4O3/c1-19-16-23(17-20(19)2)38-27-18-22(21-12-14-37(15-13-21)31(40)41-32(3,4)5)10-11-26(27)35-30(38)36(6)29(39)28-24(33)8-7-9-25(28)34/h7-11,18-21,23H,6,12-17H2,1-5H3/q+1/t19-,20-/m0/s1. The number of likely N-dealkylation sites (tertiary alicyclic amines) is 1. The molecule has 218 valence electrons. The average Bonchev–Trinajstić information content (AvgIpc) is 3.45. The second-order valence-electron chi connectivity index (χ2n) is 12.7. The molecular weight excluding hydrogens is 587 g/mol. The van der Waals surface area contributed by atoms with E-state index in [0.29, 0.717) is 35.3 Å². The molecule has 2 amide bonds. The largest absolute Gasteiger partial charge is 0.444 e. The third-order valence-electron chi connectivity index (χ3n) is 8.60. The normalized spacial score (nSPS) is 20.5. The molecule has 1 aliphatic carbocycles. The molecule has 0 radical (unpaired) electrons. The number of rotatable bonds is 4. The van der Waals surface area contributed by atoms with Gasteiger partial charge in [0.1, 0.15) is 22.5 Å². The van der Waals surface area contributed by atoms with Gasteiger partial charge in [0.2, 0.25) is 0 Å². The van der Waals surface area contributed by atoms with Crippen molar-refractivity contribution in [3.63, 3.8) is 0 Å². The Morgan fingerprint density at radius 2 is 1.76 bits per heavy atom. The Balaban J connectivity index is 1.48. The van der Waals surface area contributed by atoms with Crippen molar-refractivity contribution in [1.29, 1.82) is 0 Å². The predicted octanol–water partition coefficient (Wildman–Crippen LogP) is 7.84. The molecular formula is C32H39BrFN4O3+. The molecule has 5 rings (SSSR count). The summed E-state index contributed by atoms with van der Waals surface area (Å²) in [6.07, 6.45) is 3.34. The number of ether oxygens (including phenoxy) is 1. The zero-order chi connectivity index (χ0) is 29.6. The first-order valence-corrected chi connectivity index (χ1v) is 15.2. The number of imidazole rings is 1. The van der Waals surface area contributed by atoms with Crippen LogP contribution in [0.25, 0.3) is 11.0 Å². The SMILES string of the molecule is C=[N+](C(=O)c1c(F)cccc1Br)c1nc2ccc(C3CCN(C(=O)OC(C)(C)C)CC3)cc2n1C1C[C@H](C)[C@@H](C)C1. The van der Waals surface area contributed by atoms with Crippen LogP contribution in [0.15, 0.2) is 40.9 Å². The fourth-order valence-corrected chi connectivity index (χ4v) is 6.69. The van der Waals surface area contributed by atoms with E-state index in [2.05, 4.69) is 53.2 Å². The average molecular weight is 627 g/mol. The van der Waals surface area contributed by atoms with Crippen molar-refractivity contribution in [3.8, 4) is 0 Å². The number of fused-ring (bicyclic) bond motifs is 1. The summed E-state index contributed by atoms with van der Waals surface area (Å²) in [7, 11) is 0. The molecule has 1 aliphatic heterocycles. The van der Waals surface area contributed by atoms with Crippen LogP contribution in [0, 0.1) is 17.7 Å². The number of nitrogens with zero attached hydrogens (tertiary/aromatic N) is 4. The minimum atomic E-state index is -0.608. The highest BCUT2D eigenvalue weighted by Gasteiger charge is 2.38. The van der Waals surface area contributed by atoms with Gasteiger partial charge >= 0.3 is 17.9 Å². The van der Waals surface area contributed by atoms with Gasteiger partial charge in [-0.15, -0.1) is 0 Å². The molecule has 0 unspecified atom stereocenters. The molecule has 2 atom stereocenters. The minimum absolute atomic E-state index is 0.0632. The minimum Gasteiger partial charge on any atom is -0.444 e. The summed E-state index contributed by atoms with van der Waals surface area (Å²) in [4.78, 5) is 32.8. The summed E-state index contributed by atoms with van der Waals surface area (Å²) in [6, 6.07) is 10.9. The molecule has 1 saturated heterocycles. The molecule has 9 heteroatoms. The van der Waals surface area contributed by atoms with E-state index >= 15 is 0 Å². The van der Waals surface area contributed by atoms with Crippen molar-refractivity contribution < 1.29 is 23.3 Å². The van der Waals surface area contributed by atoms with Gasteiger partial charge in [0, 0.05) is 24.3 Å². The molecule has 2 aliphatic rings. The molecule has 0 N–H and O–H groups in total. The first kappa shape index (κ1) is 29.4. The predicted molar refractivity (Wildman–Crippen MR) is 162 cm³/mol. The van der Waals surface area contributed by atoms with E-state index in [-0.39, 0.29) is 23.6 Å². The molecule has 7 nitrogen and oxygen atoms in total. The van der Waals surface area contributed by atoms with E-state index < -0.39 is 17.3 Å². The second kappa shape index (κ2) is 11.3. The zero-order valence-electron chi connectivity index (χ0n) is 24.5. The van der Waals surface area contributed by atoms with Gasteiger partial charge < -0.3 is 9.64 Å². The molecule has 0 spiro atoms. The van der Waals surface area contributed by atoms with Gasteiger partial charge in [-0.1, -0.05) is 31.0 Å². The van der Waals surface area contributed by atoms with Crippen molar-refractivity contribution >= 4 is 51.6 Å². The fourth-order valence-electron chi connectivity index (χ4n) is 6.18. The summed E-state index contributed by atoms with van der Waals surface area (Å²) in [5, 5.41) is 0. The summed E-state index contributed by atoms with van der Waals surface area (Å²) in [5.74, 6) is 0.603. The van der Waals surface area contributed by atoms with Gasteiger partial charge in [-0.3, -0.25) is 0 Å². The number of hydrogen-bond acceptors (Lipinski definition) is 4. The Hall–Kier alpha value is -3.07. The number of benzene rings is 2. The molecule has 3 aromatic rings. The van der Waals surface area contributed by atoms with E-state index in [1.54, 1.807) is 17.0 Å². The van der Waals surface area contributed by atoms with Crippen LogP contribution in [-0.4, -0.2) is 56.4 Å². The highest BCUT2D eigenvalue weighted by Crippen LogP contribution is 2.43. The topological polar surface area (TPSA) is 67.4 Å². The van der Waals surface area contributed by atoms with Crippen LogP contribution >= 0.6 is 15.9 Å². The number of piperidine rings is 1. The maximum absolute atomic E-state index is 14.7. The van der Waals surface area contributed by atoms with E-state index in [4.69, 9.17) is 9.72 Å². The van der Waals surface area contributed by atoms with Gasteiger partial charge in [-0.05, 0) is 110 Å². The Kier molecular flexibility index (Phi) is 8.12. The first-order valence-electron chi connectivity index (χ1n) is 14.4. The van der Waals surface area contributed by atoms with Gasteiger partial charge in [0.05, 0.1) is 6.04 Å².